The Balaban J connectivity index is 1.45. The topological polar surface area (TPSA) is 77.1 Å². The predicted octanol–water partition coefficient (Wildman–Crippen LogP) is 2.87. The van der Waals surface area contributed by atoms with Gasteiger partial charge in [-0.1, -0.05) is 0 Å². The predicted molar refractivity (Wildman–Crippen MR) is 93.8 cm³/mol. The van der Waals surface area contributed by atoms with Crippen molar-refractivity contribution in [3.63, 3.8) is 0 Å². The lowest BCUT2D eigenvalue weighted by atomic mass is 10.2. The highest BCUT2D eigenvalue weighted by Crippen LogP contribution is 2.40. The van der Waals surface area contributed by atoms with Gasteiger partial charge in [-0.05, 0) is 38.3 Å². The van der Waals surface area contributed by atoms with Crippen LogP contribution in [0.5, 0.6) is 0 Å². The molecule has 1 N–H and O–H groups in total. The van der Waals surface area contributed by atoms with Crippen molar-refractivity contribution in [2.24, 2.45) is 0 Å². The fraction of sp³-hybridized carbons (Fsp3) is 0.444. The molecule has 3 aromatic rings. The third kappa shape index (κ3) is 3.67. The number of nitrogens with zero attached hydrogens (tertiary/aromatic N) is 5. The van der Waals surface area contributed by atoms with E-state index in [0.717, 1.165) is 23.1 Å². The zero-order valence-corrected chi connectivity index (χ0v) is 14.9. The Morgan fingerprint density at radius 2 is 2.19 bits per heavy atom. The quantitative estimate of drug-likeness (QED) is 0.645. The van der Waals surface area contributed by atoms with E-state index in [1.807, 2.05) is 17.7 Å². The van der Waals surface area contributed by atoms with Gasteiger partial charge in [-0.2, -0.15) is 10.2 Å². The summed E-state index contributed by atoms with van der Waals surface area (Å²) in [5, 5.41) is 11.0. The first kappa shape index (κ1) is 17.6. The molecule has 0 spiro atoms. The van der Waals surface area contributed by atoms with Crippen LogP contribution in [0.4, 0.5) is 8.78 Å². The van der Waals surface area contributed by atoms with Crippen molar-refractivity contribution >= 4 is 11.6 Å². The molecule has 27 heavy (non-hydrogen) atoms. The normalized spacial score (nSPS) is 14.2. The molecule has 0 atom stereocenters. The molecule has 4 rings (SSSR count). The molecule has 3 heterocycles. The van der Waals surface area contributed by atoms with E-state index >= 15 is 0 Å². The third-order valence-corrected chi connectivity index (χ3v) is 4.69. The van der Waals surface area contributed by atoms with E-state index in [1.165, 1.54) is 12.1 Å². The van der Waals surface area contributed by atoms with Gasteiger partial charge in [0.15, 0.2) is 11.3 Å². The average molecular weight is 374 g/mol. The van der Waals surface area contributed by atoms with E-state index in [2.05, 4.69) is 20.5 Å². The fourth-order valence-corrected chi connectivity index (χ4v) is 3.03. The Labute approximate surface area is 154 Å². The second-order valence-corrected chi connectivity index (χ2v) is 6.79. The molecular weight excluding hydrogens is 354 g/mol. The second kappa shape index (κ2) is 7.05. The lowest BCUT2D eigenvalue weighted by Gasteiger charge is -2.06. The zero-order valence-electron chi connectivity index (χ0n) is 14.9. The van der Waals surface area contributed by atoms with E-state index < -0.39 is 12.3 Å². The van der Waals surface area contributed by atoms with Crippen molar-refractivity contribution in [2.75, 3.05) is 6.54 Å². The number of hydrogen-bond acceptors (Lipinski definition) is 4. The molecule has 0 aromatic carbocycles. The van der Waals surface area contributed by atoms with Crippen molar-refractivity contribution in [3.05, 3.63) is 47.2 Å². The second-order valence-electron chi connectivity index (χ2n) is 6.79. The maximum absolute atomic E-state index is 13.4. The van der Waals surface area contributed by atoms with Crippen LogP contribution in [0, 0.1) is 6.92 Å². The molecule has 1 amide bonds. The molecule has 1 aliphatic carbocycles. The number of alkyl halides is 2. The number of rotatable bonds is 7. The number of carbonyl (C=O) groups excluding carboxylic acids is 1. The highest BCUT2D eigenvalue weighted by molar-refractivity contribution is 5.93. The van der Waals surface area contributed by atoms with Gasteiger partial charge in [-0.25, -0.2) is 18.3 Å². The number of amides is 1. The van der Waals surface area contributed by atoms with E-state index in [9.17, 15) is 13.6 Å². The van der Waals surface area contributed by atoms with Crippen LogP contribution in [-0.4, -0.2) is 36.8 Å². The van der Waals surface area contributed by atoms with Gasteiger partial charge < -0.3 is 5.32 Å². The number of fused-ring (bicyclic) bond motifs is 1. The average Bonchev–Trinajstić information content (AvgIpc) is 3.28. The zero-order chi connectivity index (χ0) is 19.0. The Bertz CT molecular complexity index is 976. The first-order chi connectivity index (χ1) is 13.0. The monoisotopic (exact) mass is 374 g/mol. The lowest BCUT2D eigenvalue weighted by molar-refractivity contribution is 0.0946. The first-order valence-corrected chi connectivity index (χ1v) is 8.98. The molecule has 9 heteroatoms. The SMILES string of the molecule is Cc1ccnn1CCCNC(=O)c1cc2nc(C3CC3)cc(C(F)F)n2n1. The highest BCUT2D eigenvalue weighted by atomic mass is 19.3. The summed E-state index contributed by atoms with van der Waals surface area (Å²) in [6.07, 6.45) is 1.68. The Hall–Kier alpha value is -2.84. The lowest BCUT2D eigenvalue weighted by Crippen LogP contribution is -2.26. The summed E-state index contributed by atoms with van der Waals surface area (Å²) in [5.74, 6) is -0.156. The van der Waals surface area contributed by atoms with E-state index in [1.54, 1.807) is 6.20 Å². The van der Waals surface area contributed by atoms with Gasteiger partial charge >= 0.3 is 0 Å². The summed E-state index contributed by atoms with van der Waals surface area (Å²) in [6.45, 7) is 3.09. The summed E-state index contributed by atoms with van der Waals surface area (Å²) >= 11 is 0. The van der Waals surface area contributed by atoms with Gasteiger partial charge in [0.1, 0.15) is 5.69 Å². The molecular formula is C18H20F2N6O. The van der Waals surface area contributed by atoms with Gasteiger partial charge in [0, 0.05) is 42.7 Å². The smallest absolute Gasteiger partial charge is 0.280 e. The van der Waals surface area contributed by atoms with E-state index in [0.29, 0.717) is 25.2 Å². The van der Waals surface area contributed by atoms with E-state index in [-0.39, 0.29) is 23.0 Å². The van der Waals surface area contributed by atoms with E-state index in [4.69, 9.17) is 0 Å². The number of halogens is 2. The standard InChI is InChI=1S/C18H20F2N6O/c1-11-5-7-22-25(11)8-2-6-21-18(27)14-10-16-23-13(12-3-4-12)9-15(17(19)20)26(16)24-14/h5,7,9-10,12,17H,2-4,6,8H2,1H3,(H,21,27). The van der Waals surface area contributed by atoms with Crippen molar-refractivity contribution in [2.45, 2.75) is 45.1 Å². The molecule has 1 fully saturated rings. The molecule has 0 bridgehead atoms. The summed E-state index contributed by atoms with van der Waals surface area (Å²) in [4.78, 5) is 16.7. The van der Waals surface area contributed by atoms with Crippen molar-refractivity contribution in [1.82, 2.24) is 29.7 Å². The van der Waals surface area contributed by atoms with Gasteiger partial charge in [-0.15, -0.1) is 0 Å². The summed E-state index contributed by atoms with van der Waals surface area (Å²) in [6, 6.07) is 4.78. The number of hydrogen-bond donors (Lipinski definition) is 1. The summed E-state index contributed by atoms with van der Waals surface area (Å²) in [7, 11) is 0. The van der Waals surface area contributed by atoms with Crippen LogP contribution < -0.4 is 5.32 Å². The maximum Gasteiger partial charge on any atom is 0.280 e. The van der Waals surface area contributed by atoms with Crippen molar-refractivity contribution in [1.29, 1.82) is 0 Å². The Kier molecular flexibility index (Phi) is 4.59. The number of nitrogens with one attached hydrogen (secondary N) is 1. The molecule has 7 nitrogen and oxygen atoms in total. The van der Waals surface area contributed by atoms with Crippen LogP contribution in [0.1, 0.15) is 59.2 Å². The van der Waals surface area contributed by atoms with Crippen LogP contribution in [-0.2, 0) is 6.54 Å². The number of aryl methyl sites for hydroxylation is 2. The van der Waals surface area contributed by atoms with Crippen LogP contribution in [0.3, 0.4) is 0 Å². The number of aromatic nitrogens is 5. The third-order valence-electron chi connectivity index (χ3n) is 4.69. The van der Waals surface area contributed by atoms with Crippen LogP contribution >= 0.6 is 0 Å². The van der Waals surface area contributed by atoms with Gasteiger partial charge in [0.25, 0.3) is 12.3 Å². The molecule has 0 aliphatic heterocycles. The summed E-state index contributed by atoms with van der Waals surface area (Å²) in [5.41, 5.74) is 1.85. The Morgan fingerprint density at radius 1 is 1.37 bits per heavy atom. The largest absolute Gasteiger partial charge is 0.351 e. The molecule has 0 unspecified atom stereocenters. The Morgan fingerprint density at radius 3 is 2.85 bits per heavy atom. The molecule has 1 saturated carbocycles. The highest BCUT2D eigenvalue weighted by Gasteiger charge is 2.28. The first-order valence-electron chi connectivity index (χ1n) is 8.98. The summed E-state index contributed by atoms with van der Waals surface area (Å²) < 4.78 is 29.7. The molecule has 3 aromatic heterocycles. The van der Waals surface area contributed by atoms with Crippen molar-refractivity contribution in [3.8, 4) is 0 Å². The van der Waals surface area contributed by atoms with Gasteiger partial charge in [0.2, 0.25) is 0 Å². The fourth-order valence-electron chi connectivity index (χ4n) is 3.03. The molecule has 0 saturated heterocycles. The molecule has 0 radical (unpaired) electrons. The minimum atomic E-state index is -2.68. The van der Waals surface area contributed by atoms with Crippen LogP contribution in [0.15, 0.2) is 24.4 Å². The molecule has 142 valence electrons. The van der Waals surface area contributed by atoms with Gasteiger partial charge in [0.05, 0.1) is 0 Å². The van der Waals surface area contributed by atoms with Crippen LogP contribution in [0.25, 0.3) is 5.65 Å². The minimum Gasteiger partial charge on any atom is -0.351 e. The maximum atomic E-state index is 13.4. The van der Waals surface area contributed by atoms with Gasteiger partial charge in [-0.3, -0.25) is 9.48 Å². The molecule has 1 aliphatic rings. The van der Waals surface area contributed by atoms with Crippen LogP contribution in [0.2, 0.25) is 0 Å². The van der Waals surface area contributed by atoms with Crippen molar-refractivity contribution < 1.29 is 13.6 Å². The minimum absolute atomic E-state index is 0.0904. The number of carbonyl (C=O) groups is 1.